The van der Waals surface area contributed by atoms with E-state index in [2.05, 4.69) is 24.5 Å². The minimum Gasteiger partial charge on any atom is -0.472 e. The third-order valence-electron chi connectivity index (χ3n) is 4.59. The fraction of sp³-hybridized carbons (Fsp3) is 0.400. The van der Waals surface area contributed by atoms with Crippen molar-refractivity contribution in [1.82, 2.24) is 10.2 Å². The molecule has 6 nitrogen and oxygen atoms in total. The van der Waals surface area contributed by atoms with Gasteiger partial charge in [-0.15, -0.1) is 0 Å². The number of nitrogens with zero attached hydrogens (tertiary/aromatic N) is 1. The van der Waals surface area contributed by atoms with Crippen molar-refractivity contribution < 1.29 is 14.0 Å². The number of benzene rings is 1. The molecule has 2 aromatic rings. The zero-order valence-corrected chi connectivity index (χ0v) is 15.2. The Hall–Kier alpha value is -2.76. The number of anilines is 1. The van der Waals surface area contributed by atoms with Gasteiger partial charge in [-0.25, -0.2) is 4.79 Å². The summed E-state index contributed by atoms with van der Waals surface area (Å²) >= 11 is 0. The Balaban J connectivity index is 1.67. The highest BCUT2D eigenvalue weighted by atomic mass is 16.3. The molecule has 26 heavy (non-hydrogen) atoms. The van der Waals surface area contributed by atoms with Crippen molar-refractivity contribution in [3.63, 3.8) is 0 Å². The van der Waals surface area contributed by atoms with Gasteiger partial charge in [-0.1, -0.05) is 26.0 Å². The first-order valence-corrected chi connectivity index (χ1v) is 8.97. The van der Waals surface area contributed by atoms with Gasteiger partial charge < -0.3 is 20.0 Å². The second-order valence-corrected chi connectivity index (χ2v) is 7.14. The van der Waals surface area contributed by atoms with Gasteiger partial charge in [0.2, 0.25) is 0 Å². The number of hydrogen-bond donors (Lipinski definition) is 2. The highest BCUT2D eigenvalue weighted by molar-refractivity contribution is 6.03. The van der Waals surface area contributed by atoms with Gasteiger partial charge in [0.25, 0.3) is 5.91 Å². The number of carbonyl (C=O) groups is 2. The summed E-state index contributed by atoms with van der Waals surface area (Å²) in [6.07, 6.45) is 4.28. The number of amides is 3. The number of likely N-dealkylation sites (tertiary alicyclic amines) is 1. The summed E-state index contributed by atoms with van der Waals surface area (Å²) < 4.78 is 4.98. The van der Waals surface area contributed by atoms with Crippen LogP contribution in [0.15, 0.2) is 47.3 Å². The Labute approximate surface area is 153 Å². The number of para-hydroxylation sites is 1. The number of rotatable bonds is 4. The lowest BCUT2D eigenvalue weighted by Crippen LogP contribution is -2.43. The Morgan fingerprint density at radius 3 is 2.58 bits per heavy atom. The number of piperidine rings is 1. The fourth-order valence-electron chi connectivity index (χ4n) is 3.52. The summed E-state index contributed by atoms with van der Waals surface area (Å²) in [6, 6.07) is 8.57. The van der Waals surface area contributed by atoms with Crippen LogP contribution in [0, 0.1) is 11.8 Å². The standard InChI is InChI=1S/C20H25N3O3/c1-14-9-15(2)12-23(11-14)19(24)17-5-3-4-6-18(17)22-20(25)21-10-16-7-8-26-13-16/h3-8,13-15H,9-12H2,1-2H3,(H2,21,22,25). The summed E-state index contributed by atoms with van der Waals surface area (Å²) in [6.45, 7) is 6.21. The lowest BCUT2D eigenvalue weighted by Gasteiger charge is -2.35. The molecule has 138 valence electrons. The van der Waals surface area contributed by atoms with E-state index in [1.165, 1.54) is 0 Å². The number of nitrogens with one attached hydrogen (secondary N) is 2. The first-order chi connectivity index (χ1) is 12.5. The van der Waals surface area contributed by atoms with E-state index in [1.54, 1.807) is 30.7 Å². The van der Waals surface area contributed by atoms with E-state index in [0.29, 0.717) is 29.6 Å². The maximum atomic E-state index is 13.0. The van der Waals surface area contributed by atoms with Gasteiger partial charge in [0, 0.05) is 25.2 Å². The average Bonchev–Trinajstić information content (AvgIpc) is 3.12. The summed E-state index contributed by atoms with van der Waals surface area (Å²) in [5.74, 6) is 0.941. The molecular formula is C20H25N3O3. The minimum absolute atomic E-state index is 0.0332. The van der Waals surface area contributed by atoms with Crippen molar-refractivity contribution in [1.29, 1.82) is 0 Å². The molecule has 3 amide bonds. The van der Waals surface area contributed by atoms with Crippen molar-refractivity contribution in [3.05, 3.63) is 54.0 Å². The van der Waals surface area contributed by atoms with Crippen molar-refractivity contribution in [2.75, 3.05) is 18.4 Å². The van der Waals surface area contributed by atoms with Crippen LogP contribution in [-0.2, 0) is 6.54 Å². The number of hydrogen-bond acceptors (Lipinski definition) is 3. The van der Waals surface area contributed by atoms with Crippen LogP contribution in [0.1, 0.15) is 36.2 Å². The molecule has 1 aliphatic rings. The van der Waals surface area contributed by atoms with Gasteiger partial charge >= 0.3 is 6.03 Å². The molecule has 0 bridgehead atoms. The van der Waals surface area contributed by atoms with Crippen molar-refractivity contribution in [3.8, 4) is 0 Å². The second-order valence-electron chi connectivity index (χ2n) is 7.14. The highest BCUT2D eigenvalue weighted by Crippen LogP contribution is 2.25. The van der Waals surface area contributed by atoms with Gasteiger partial charge in [-0.2, -0.15) is 0 Å². The molecule has 1 aromatic heterocycles. The first kappa shape index (κ1) is 18.0. The van der Waals surface area contributed by atoms with E-state index in [1.807, 2.05) is 17.0 Å². The molecule has 0 saturated carbocycles. The molecule has 2 unspecified atom stereocenters. The number of carbonyl (C=O) groups excluding carboxylic acids is 2. The average molecular weight is 355 g/mol. The Morgan fingerprint density at radius 1 is 1.15 bits per heavy atom. The molecule has 0 spiro atoms. The van der Waals surface area contributed by atoms with Gasteiger partial charge in [0.05, 0.1) is 23.8 Å². The lowest BCUT2D eigenvalue weighted by atomic mass is 9.91. The third-order valence-corrected chi connectivity index (χ3v) is 4.59. The maximum absolute atomic E-state index is 13.0. The third kappa shape index (κ3) is 4.45. The van der Waals surface area contributed by atoms with Crippen LogP contribution in [-0.4, -0.2) is 29.9 Å². The van der Waals surface area contributed by atoms with E-state index < -0.39 is 0 Å². The van der Waals surface area contributed by atoms with E-state index in [4.69, 9.17) is 4.42 Å². The van der Waals surface area contributed by atoms with E-state index in [-0.39, 0.29) is 11.9 Å². The van der Waals surface area contributed by atoms with Crippen LogP contribution in [0.3, 0.4) is 0 Å². The monoisotopic (exact) mass is 355 g/mol. The van der Waals surface area contributed by atoms with Gasteiger partial charge in [-0.05, 0) is 36.5 Å². The quantitative estimate of drug-likeness (QED) is 0.878. The number of furan rings is 1. The summed E-state index contributed by atoms with van der Waals surface area (Å²) in [5, 5.41) is 5.55. The van der Waals surface area contributed by atoms with Crippen molar-refractivity contribution in [2.24, 2.45) is 11.8 Å². The van der Waals surface area contributed by atoms with Crippen molar-refractivity contribution >= 4 is 17.6 Å². The van der Waals surface area contributed by atoms with Crippen molar-refractivity contribution in [2.45, 2.75) is 26.8 Å². The Kier molecular flexibility index (Phi) is 5.61. The molecule has 2 heterocycles. The van der Waals surface area contributed by atoms with E-state index in [0.717, 1.165) is 25.1 Å². The van der Waals surface area contributed by atoms with Crippen LogP contribution >= 0.6 is 0 Å². The molecule has 1 fully saturated rings. The zero-order valence-electron chi connectivity index (χ0n) is 15.2. The lowest BCUT2D eigenvalue weighted by molar-refractivity contribution is 0.0624. The predicted molar refractivity (Wildman–Crippen MR) is 99.9 cm³/mol. The number of urea groups is 1. The normalized spacial score (nSPS) is 19.8. The first-order valence-electron chi connectivity index (χ1n) is 8.97. The predicted octanol–water partition coefficient (Wildman–Crippen LogP) is 3.72. The van der Waals surface area contributed by atoms with Gasteiger partial charge in [0.1, 0.15) is 0 Å². The molecule has 3 rings (SSSR count). The van der Waals surface area contributed by atoms with Gasteiger partial charge in [-0.3, -0.25) is 4.79 Å². The van der Waals surface area contributed by atoms with Crippen LogP contribution < -0.4 is 10.6 Å². The molecule has 1 aliphatic heterocycles. The summed E-state index contributed by atoms with van der Waals surface area (Å²) in [4.78, 5) is 27.1. The van der Waals surface area contributed by atoms with E-state index in [9.17, 15) is 9.59 Å². The van der Waals surface area contributed by atoms with Crippen LogP contribution in [0.2, 0.25) is 0 Å². The Morgan fingerprint density at radius 2 is 1.88 bits per heavy atom. The summed E-state index contributed by atoms with van der Waals surface area (Å²) in [5.41, 5.74) is 1.92. The van der Waals surface area contributed by atoms with Gasteiger partial charge in [0.15, 0.2) is 0 Å². The van der Waals surface area contributed by atoms with E-state index >= 15 is 0 Å². The molecule has 0 aliphatic carbocycles. The molecule has 2 atom stereocenters. The topological polar surface area (TPSA) is 74.6 Å². The second kappa shape index (κ2) is 8.08. The fourth-order valence-corrected chi connectivity index (χ4v) is 3.52. The largest absolute Gasteiger partial charge is 0.472 e. The maximum Gasteiger partial charge on any atom is 0.319 e. The highest BCUT2D eigenvalue weighted by Gasteiger charge is 2.27. The Bertz CT molecular complexity index is 747. The summed E-state index contributed by atoms with van der Waals surface area (Å²) in [7, 11) is 0. The molecule has 0 radical (unpaired) electrons. The molecular weight excluding hydrogens is 330 g/mol. The minimum atomic E-state index is -0.355. The SMILES string of the molecule is CC1CC(C)CN(C(=O)c2ccccc2NC(=O)NCc2ccoc2)C1. The smallest absolute Gasteiger partial charge is 0.319 e. The van der Waals surface area contributed by atoms with Crippen LogP contribution in [0.5, 0.6) is 0 Å². The zero-order chi connectivity index (χ0) is 18.5. The van der Waals surface area contributed by atoms with Crippen LogP contribution in [0.4, 0.5) is 10.5 Å². The molecule has 1 aromatic carbocycles. The molecule has 6 heteroatoms. The van der Waals surface area contributed by atoms with Crippen LogP contribution in [0.25, 0.3) is 0 Å². The molecule has 2 N–H and O–H groups in total. The molecule has 1 saturated heterocycles.